The number of hydrogen-bond donors (Lipinski definition) is 3. The van der Waals surface area contributed by atoms with Crippen LogP contribution in [0.25, 0.3) is 0 Å². The molecule has 0 bridgehead atoms. The van der Waals surface area contributed by atoms with E-state index in [1.54, 1.807) is 25.0 Å². The Hall–Kier alpha value is -0.180. The van der Waals surface area contributed by atoms with E-state index < -0.39 is 10.0 Å². The Morgan fingerprint density at radius 1 is 1.10 bits per heavy atom. The lowest BCUT2D eigenvalue weighted by Gasteiger charge is -2.54. The first-order valence-electron chi connectivity index (χ1n) is 16.0. The van der Waals surface area contributed by atoms with Crippen molar-refractivity contribution < 1.29 is 18.3 Å². The third-order valence-corrected chi connectivity index (χ3v) is 12.8. The number of ether oxygens (including phenoxy) is 1. The molecule has 40 heavy (non-hydrogen) atoms. The summed E-state index contributed by atoms with van der Waals surface area (Å²) in [5.74, 6) is 4.28. The average molecular weight is 601 g/mol. The molecule has 3 N–H and O–H groups in total. The number of halogens is 1. The summed E-state index contributed by atoms with van der Waals surface area (Å²) in [7, 11) is -3.13. The molecule has 0 aromatic heterocycles. The number of aliphatic hydroxyl groups excluding tert-OH is 1. The van der Waals surface area contributed by atoms with E-state index in [0.29, 0.717) is 35.3 Å². The lowest BCUT2D eigenvalue weighted by atomic mass is 9.52. The largest absolute Gasteiger partial charge is 0.394 e. The van der Waals surface area contributed by atoms with Crippen LogP contribution in [-0.2, 0) is 14.8 Å². The summed E-state index contributed by atoms with van der Waals surface area (Å²) in [5.41, 5.74) is 3.83. The molecule has 6 aliphatic rings. The zero-order valence-electron chi connectivity index (χ0n) is 26.0. The molecule has 2 aliphatic heterocycles. The second-order valence-corrected chi connectivity index (χ2v) is 16.9. The Morgan fingerprint density at radius 2 is 1.80 bits per heavy atom. The smallest absolute Gasteiger partial charge is 0.208 e. The normalized spacial score (nSPS) is 46.4. The first kappa shape index (κ1) is 32.7. The van der Waals surface area contributed by atoms with Gasteiger partial charge >= 0.3 is 0 Å². The Balaban J connectivity index is 0.000000695. The number of sulfonamides is 1. The van der Waals surface area contributed by atoms with Gasteiger partial charge in [-0.2, -0.15) is 0 Å². The second-order valence-electron chi connectivity index (χ2n) is 15.1. The van der Waals surface area contributed by atoms with Crippen LogP contribution in [0.4, 0.5) is 0 Å². The Morgan fingerprint density at radius 3 is 2.48 bits per heavy atom. The summed E-state index contributed by atoms with van der Waals surface area (Å²) in [4.78, 5) is 0. The molecule has 0 aromatic carbocycles. The SMILES string of the molecule is CC(C)O.CC1=C2C[C@H]3[C@@H](CC[C@@H]4C[C@H](NS(C)(=O)=O)CC[C@@]43C)[C@@H]2CC[C@@]2(C1)O[C@@H]1C[C@H](C)CN[C@H]1[C@H]2C.Cl. The average Bonchev–Trinajstić information content (AvgIpc) is 3.28. The number of rotatable bonds is 2. The molecule has 0 aromatic rings. The molecule has 1 spiro atoms. The first-order valence-corrected chi connectivity index (χ1v) is 17.9. The third kappa shape index (κ3) is 6.22. The van der Waals surface area contributed by atoms with Crippen molar-refractivity contribution in [2.45, 2.75) is 136 Å². The van der Waals surface area contributed by atoms with Gasteiger partial charge in [-0.05, 0) is 127 Å². The van der Waals surface area contributed by atoms with Crippen LogP contribution in [0.2, 0.25) is 0 Å². The van der Waals surface area contributed by atoms with Crippen molar-refractivity contribution in [1.82, 2.24) is 10.0 Å². The fourth-order valence-electron chi connectivity index (χ4n) is 10.2. The van der Waals surface area contributed by atoms with Crippen LogP contribution in [0.3, 0.4) is 0 Å². The maximum atomic E-state index is 11.9. The summed E-state index contributed by atoms with van der Waals surface area (Å²) in [6.07, 6.45) is 13.5. The maximum absolute atomic E-state index is 11.9. The van der Waals surface area contributed by atoms with E-state index in [1.165, 1.54) is 51.2 Å². The standard InChI is InChI=1S/C29H48N2O3S.C3H8O.ClH/c1-17-12-26-27(30-16-17)19(3)29(34-26)11-9-22-23-7-6-20-13-21(31-35(5,32)33)8-10-28(20,4)25(23)14-24(22)18(2)15-29;1-3(2)4;/h17,19-23,25-27,30-31H,6-16H2,1-5H3;3-4H,1-2H3;1H/t17-,19+,20+,21+,22-,23-,25-,26+,27-,28-,29-;;/m0../s1. The minimum Gasteiger partial charge on any atom is -0.394 e. The van der Waals surface area contributed by atoms with Gasteiger partial charge in [0.05, 0.1) is 18.0 Å². The van der Waals surface area contributed by atoms with E-state index in [0.717, 1.165) is 43.6 Å². The van der Waals surface area contributed by atoms with Crippen molar-refractivity contribution in [3.05, 3.63) is 11.1 Å². The second kappa shape index (κ2) is 12.1. The van der Waals surface area contributed by atoms with Crippen LogP contribution in [0.5, 0.6) is 0 Å². The van der Waals surface area contributed by atoms with Crippen molar-refractivity contribution in [3.8, 4) is 0 Å². The monoisotopic (exact) mass is 600 g/mol. The predicted octanol–water partition coefficient (Wildman–Crippen LogP) is 5.84. The Bertz CT molecular complexity index is 1050. The number of nitrogens with one attached hydrogen (secondary N) is 2. The van der Waals surface area contributed by atoms with Gasteiger partial charge in [-0.25, -0.2) is 13.1 Å². The van der Waals surface area contributed by atoms with Crippen LogP contribution >= 0.6 is 12.4 Å². The Kier molecular flexibility index (Phi) is 9.88. The lowest BCUT2D eigenvalue weighted by Crippen LogP contribution is -2.50. The van der Waals surface area contributed by atoms with Crippen molar-refractivity contribution in [3.63, 3.8) is 0 Å². The number of piperidine rings is 1. The fourth-order valence-corrected chi connectivity index (χ4v) is 11.1. The molecular weight excluding hydrogens is 544 g/mol. The highest BCUT2D eigenvalue weighted by atomic mass is 35.5. The van der Waals surface area contributed by atoms with Gasteiger partial charge in [0.1, 0.15) is 0 Å². The Labute approximate surface area is 250 Å². The van der Waals surface area contributed by atoms with Crippen molar-refractivity contribution in [1.29, 1.82) is 0 Å². The molecule has 2 saturated heterocycles. The molecule has 0 radical (unpaired) electrons. The van der Waals surface area contributed by atoms with E-state index >= 15 is 0 Å². The summed E-state index contributed by atoms with van der Waals surface area (Å²) in [6.45, 7) is 14.4. The minimum absolute atomic E-state index is 0. The van der Waals surface area contributed by atoms with E-state index in [-0.39, 0.29) is 30.2 Å². The molecule has 3 saturated carbocycles. The number of allylic oxidation sites excluding steroid dienone is 1. The molecule has 6 nitrogen and oxygen atoms in total. The van der Waals surface area contributed by atoms with E-state index in [2.05, 4.69) is 37.7 Å². The zero-order chi connectivity index (χ0) is 28.3. The van der Waals surface area contributed by atoms with Crippen LogP contribution in [0.15, 0.2) is 11.1 Å². The van der Waals surface area contributed by atoms with Crippen molar-refractivity contribution in [2.24, 2.45) is 40.9 Å². The molecule has 2 heterocycles. The molecule has 4 aliphatic carbocycles. The molecule has 8 heteroatoms. The molecule has 5 fully saturated rings. The van der Waals surface area contributed by atoms with Crippen molar-refractivity contribution in [2.75, 3.05) is 12.8 Å². The zero-order valence-corrected chi connectivity index (χ0v) is 27.7. The van der Waals surface area contributed by atoms with Gasteiger partial charge in [-0.1, -0.05) is 31.9 Å². The summed E-state index contributed by atoms with van der Waals surface area (Å²) in [6, 6.07) is 0.660. The predicted molar refractivity (Wildman–Crippen MR) is 165 cm³/mol. The molecule has 11 atom stereocenters. The van der Waals surface area contributed by atoms with E-state index in [1.807, 2.05) is 0 Å². The topological polar surface area (TPSA) is 87.7 Å². The molecular formula is C32H57ClN2O4S. The lowest BCUT2D eigenvalue weighted by molar-refractivity contribution is -0.0746. The van der Waals surface area contributed by atoms with Gasteiger partial charge in [-0.15, -0.1) is 12.4 Å². The van der Waals surface area contributed by atoms with Crippen LogP contribution < -0.4 is 10.0 Å². The highest BCUT2D eigenvalue weighted by Crippen LogP contribution is 2.65. The molecule has 0 amide bonds. The van der Waals surface area contributed by atoms with Gasteiger partial charge in [0.2, 0.25) is 10.0 Å². The van der Waals surface area contributed by atoms with Crippen molar-refractivity contribution >= 4 is 22.4 Å². The fraction of sp³-hybridized carbons (Fsp3) is 0.938. The van der Waals surface area contributed by atoms with Gasteiger partial charge in [-0.3, -0.25) is 0 Å². The molecule has 0 unspecified atom stereocenters. The maximum Gasteiger partial charge on any atom is 0.208 e. The minimum atomic E-state index is -3.13. The molecule has 6 rings (SSSR count). The highest BCUT2D eigenvalue weighted by Gasteiger charge is 2.59. The first-order chi connectivity index (χ1) is 18.2. The summed E-state index contributed by atoms with van der Waals surface area (Å²) < 4.78 is 33.7. The van der Waals surface area contributed by atoms with Crippen LogP contribution in [0.1, 0.15) is 106 Å². The number of aliphatic hydroxyl groups is 1. The van der Waals surface area contributed by atoms with Crippen LogP contribution in [-0.4, -0.2) is 56.2 Å². The third-order valence-electron chi connectivity index (χ3n) is 12.0. The van der Waals surface area contributed by atoms with Gasteiger partial charge in [0.15, 0.2) is 0 Å². The van der Waals surface area contributed by atoms with Gasteiger partial charge in [0, 0.05) is 24.1 Å². The summed E-state index contributed by atoms with van der Waals surface area (Å²) in [5, 5.41) is 11.9. The highest BCUT2D eigenvalue weighted by molar-refractivity contribution is 7.88. The van der Waals surface area contributed by atoms with Crippen LogP contribution in [0, 0.1) is 40.9 Å². The summed E-state index contributed by atoms with van der Waals surface area (Å²) >= 11 is 0. The number of hydrogen-bond acceptors (Lipinski definition) is 5. The number of fused-ring (bicyclic) bond motifs is 6. The van der Waals surface area contributed by atoms with E-state index in [4.69, 9.17) is 9.84 Å². The van der Waals surface area contributed by atoms with Gasteiger partial charge < -0.3 is 15.2 Å². The molecule has 232 valence electrons. The van der Waals surface area contributed by atoms with Gasteiger partial charge in [0.25, 0.3) is 0 Å². The van der Waals surface area contributed by atoms with E-state index in [9.17, 15) is 8.42 Å². The quantitative estimate of drug-likeness (QED) is 0.347.